The van der Waals surface area contributed by atoms with Gasteiger partial charge in [0.15, 0.2) is 5.76 Å². The van der Waals surface area contributed by atoms with Gasteiger partial charge in [-0.3, -0.25) is 5.41 Å². The molecule has 116 valence electrons. The molecular formula is C15H17ClN4O2. The van der Waals surface area contributed by atoms with Gasteiger partial charge in [0.1, 0.15) is 16.4 Å². The minimum absolute atomic E-state index is 0.112. The van der Waals surface area contributed by atoms with Crippen molar-refractivity contribution in [1.29, 1.82) is 5.41 Å². The number of hydrogen-bond acceptors (Lipinski definition) is 6. The van der Waals surface area contributed by atoms with Crippen LogP contribution in [0.25, 0.3) is 0 Å². The minimum Gasteiger partial charge on any atom is -0.382 e. The van der Waals surface area contributed by atoms with E-state index in [4.69, 9.17) is 21.5 Å². The number of hydrogen-bond donors (Lipinski definition) is 3. The van der Waals surface area contributed by atoms with Gasteiger partial charge in [-0.1, -0.05) is 16.8 Å². The Balaban J connectivity index is 1.96. The highest BCUT2D eigenvalue weighted by atomic mass is 35.5. The van der Waals surface area contributed by atoms with Gasteiger partial charge in [0.25, 0.3) is 0 Å². The van der Waals surface area contributed by atoms with Crippen molar-refractivity contribution in [3.05, 3.63) is 40.5 Å². The third kappa shape index (κ3) is 2.71. The van der Waals surface area contributed by atoms with Crippen LogP contribution in [-0.2, 0) is 5.60 Å². The first kappa shape index (κ1) is 15.0. The molecule has 0 aromatic carbocycles. The maximum absolute atomic E-state index is 10.0. The van der Waals surface area contributed by atoms with E-state index in [0.29, 0.717) is 29.9 Å². The standard InChI is InChI=1S/C15H17ClN4O2/c1-8(2)19-9-3-6-18-14(16)12(9)13(17)10-7-11(22-20-10)15(21)4-5-15/h3,6-8,17,21H,4-5H2,1-2H3,(H,18,19). The number of aromatic nitrogens is 2. The molecule has 0 spiro atoms. The first-order valence-electron chi connectivity index (χ1n) is 7.10. The topological polar surface area (TPSA) is 95.0 Å². The van der Waals surface area contributed by atoms with Crippen molar-refractivity contribution >= 4 is 23.0 Å². The normalized spacial score (nSPS) is 15.9. The summed E-state index contributed by atoms with van der Waals surface area (Å²) in [5, 5.41) is 25.8. The molecule has 1 fully saturated rings. The summed E-state index contributed by atoms with van der Waals surface area (Å²) in [5.74, 6) is 0.394. The Morgan fingerprint density at radius 2 is 2.23 bits per heavy atom. The Morgan fingerprint density at radius 1 is 1.50 bits per heavy atom. The zero-order valence-electron chi connectivity index (χ0n) is 12.4. The summed E-state index contributed by atoms with van der Waals surface area (Å²) in [6, 6.07) is 3.55. The van der Waals surface area contributed by atoms with E-state index in [2.05, 4.69) is 15.5 Å². The molecule has 7 heteroatoms. The fourth-order valence-corrected chi connectivity index (χ4v) is 2.46. The van der Waals surface area contributed by atoms with E-state index >= 15 is 0 Å². The molecule has 6 nitrogen and oxygen atoms in total. The van der Waals surface area contributed by atoms with Gasteiger partial charge in [0.05, 0.1) is 11.3 Å². The summed E-state index contributed by atoms with van der Waals surface area (Å²) in [6.45, 7) is 4.00. The minimum atomic E-state index is -0.913. The van der Waals surface area contributed by atoms with Crippen LogP contribution in [0, 0.1) is 5.41 Å². The van der Waals surface area contributed by atoms with Crippen molar-refractivity contribution in [3.63, 3.8) is 0 Å². The van der Waals surface area contributed by atoms with Gasteiger partial charge in [0.2, 0.25) is 0 Å². The second-order valence-electron chi connectivity index (χ2n) is 5.81. The maximum atomic E-state index is 10.0. The predicted octanol–water partition coefficient (Wildman–Crippen LogP) is 2.94. The number of aliphatic hydroxyl groups is 1. The van der Waals surface area contributed by atoms with Gasteiger partial charge in [-0.05, 0) is 32.8 Å². The second-order valence-corrected chi connectivity index (χ2v) is 6.16. The van der Waals surface area contributed by atoms with Crippen molar-refractivity contribution in [3.8, 4) is 0 Å². The molecule has 2 aromatic rings. The summed E-state index contributed by atoms with van der Waals surface area (Å²) in [6.07, 6.45) is 2.90. The van der Waals surface area contributed by atoms with Crippen LogP contribution in [0.5, 0.6) is 0 Å². The van der Waals surface area contributed by atoms with Crippen LogP contribution in [0.4, 0.5) is 5.69 Å². The van der Waals surface area contributed by atoms with Gasteiger partial charge in [-0.2, -0.15) is 0 Å². The maximum Gasteiger partial charge on any atom is 0.168 e. The first-order valence-corrected chi connectivity index (χ1v) is 7.48. The first-order chi connectivity index (χ1) is 10.4. The van der Waals surface area contributed by atoms with E-state index in [1.165, 1.54) is 0 Å². The lowest BCUT2D eigenvalue weighted by Crippen LogP contribution is -2.15. The molecule has 1 aliphatic carbocycles. The lowest BCUT2D eigenvalue weighted by molar-refractivity contribution is 0.114. The number of nitrogens with one attached hydrogen (secondary N) is 2. The lowest BCUT2D eigenvalue weighted by atomic mass is 10.1. The molecule has 0 unspecified atom stereocenters. The number of anilines is 1. The SMILES string of the molecule is CC(C)Nc1ccnc(Cl)c1C(=N)c1cc(C2(O)CC2)on1. The molecule has 1 aliphatic rings. The van der Waals surface area contributed by atoms with Crippen LogP contribution < -0.4 is 5.32 Å². The quantitative estimate of drug-likeness (QED) is 0.581. The molecule has 3 N–H and O–H groups in total. The monoisotopic (exact) mass is 320 g/mol. The molecule has 0 amide bonds. The second kappa shape index (κ2) is 5.37. The zero-order chi connectivity index (χ0) is 15.9. The van der Waals surface area contributed by atoms with Crippen molar-refractivity contribution in [2.45, 2.75) is 38.3 Å². The number of rotatable bonds is 5. The molecule has 1 saturated carbocycles. The van der Waals surface area contributed by atoms with E-state index < -0.39 is 5.60 Å². The van der Waals surface area contributed by atoms with E-state index in [0.717, 1.165) is 5.69 Å². The summed E-state index contributed by atoms with van der Waals surface area (Å²) in [7, 11) is 0. The van der Waals surface area contributed by atoms with Gasteiger partial charge >= 0.3 is 0 Å². The molecule has 0 bridgehead atoms. The number of pyridine rings is 1. The Hall–Kier alpha value is -1.92. The van der Waals surface area contributed by atoms with E-state index in [-0.39, 0.29) is 16.9 Å². The summed E-state index contributed by atoms with van der Waals surface area (Å²) in [4.78, 5) is 4.04. The molecule has 0 saturated heterocycles. The highest BCUT2D eigenvalue weighted by Gasteiger charge is 2.46. The fraction of sp³-hybridized carbons (Fsp3) is 0.400. The van der Waals surface area contributed by atoms with Crippen LogP contribution in [-0.4, -0.2) is 27.0 Å². The van der Waals surface area contributed by atoms with Crippen LogP contribution >= 0.6 is 11.6 Å². The highest BCUT2D eigenvalue weighted by molar-refractivity contribution is 6.35. The van der Waals surface area contributed by atoms with Crippen LogP contribution in [0.2, 0.25) is 5.15 Å². The highest BCUT2D eigenvalue weighted by Crippen LogP contribution is 2.45. The molecule has 2 aromatic heterocycles. The summed E-state index contributed by atoms with van der Waals surface area (Å²) >= 11 is 6.17. The van der Waals surface area contributed by atoms with Crippen molar-refractivity contribution in [2.75, 3.05) is 5.32 Å². The molecular weight excluding hydrogens is 304 g/mol. The predicted molar refractivity (Wildman–Crippen MR) is 83.6 cm³/mol. The van der Waals surface area contributed by atoms with Crippen molar-refractivity contribution < 1.29 is 9.63 Å². The number of nitrogens with zero attached hydrogens (tertiary/aromatic N) is 2. The molecule has 2 heterocycles. The summed E-state index contributed by atoms with van der Waals surface area (Å²) in [5.41, 5.74) is 0.719. The van der Waals surface area contributed by atoms with Gasteiger partial charge < -0.3 is 14.9 Å². The van der Waals surface area contributed by atoms with Gasteiger partial charge in [-0.15, -0.1) is 0 Å². The smallest absolute Gasteiger partial charge is 0.168 e. The van der Waals surface area contributed by atoms with Crippen LogP contribution in [0.3, 0.4) is 0 Å². The average Bonchev–Trinajstić information content (AvgIpc) is 3.02. The molecule has 0 radical (unpaired) electrons. The molecule has 3 rings (SSSR count). The Labute approximate surface area is 133 Å². The largest absolute Gasteiger partial charge is 0.382 e. The van der Waals surface area contributed by atoms with Crippen LogP contribution in [0.1, 0.15) is 43.7 Å². The molecule has 22 heavy (non-hydrogen) atoms. The third-order valence-corrected chi connectivity index (χ3v) is 3.83. The van der Waals surface area contributed by atoms with E-state index in [1.54, 1.807) is 18.3 Å². The van der Waals surface area contributed by atoms with E-state index in [1.807, 2.05) is 13.8 Å². The summed E-state index contributed by atoms with van der Waals surface area (Å²) < 4.78 is 5.17. The third-order valence-electron chi connectivity index (χ3n) is 3.55. The fourth-order valence-electron chi connectivity index (χ4n) is 2.21. The molecule has 0 atom stereocenters. The Bertz CT molecular complexity index is 722. The van der Waals surface area contributed by atoms with Gasteiger partial charge in [-0.25, -0.2) is 4.98 Å². The zero-order valence-corrected chi connectivity index (χ0v) is 13.1. The van der Waals surface area contributed by atoms with Gasteiger partial charge in [0, 0.05) is 24.0 Å². The Morgan fingerprint density at radius 3 is 2.86 bits per heavy atom. The van der Waals surface area contributed by atoms with Crippen molar-refractivity contribution in [2.24, 2.45) is 0 Å². The van der Waals surface area contributed by atoms with E-state index in [9.17, 15) is 5.11 Å². The molecule has 0 aliphatic heterocycles. The Kier molecular flexibility index (Phi) is 3.66. The van der Waals surface area contributed by atoms with Crippen molar-refractivity contribution in [1.82, 2.24) is 10.1 Å². The number of halogens is 1. The average molecular weight is 321 g/mol. The lowest BCUT2D eigenvalue weighted by Gasteiger charge is -2.15. The van der Waals surface area contributed by atoms with Crippen LogP contribution in [0.15, 0.2) is 22.9 Å².